The molecule has 2 rings (SSSR count). The van der Waals surface area contributed by atoms with Crippen molar-refractivity contribution >= 4 is 11.6 Å². The number of amides is 1. The van der Waals surface area contributed by atoms with Crippen molar-refractivity contribution in [2.24, 2.45) is 0 Å². The van der Waals surface area contributed by atoms with Crippen LogP contribution in [0.1, 0.15) is 28.2 Å². The molecule has 1 aromatic heterocycles. The van der Waals surface area contributed by atoms with Crippen LogP contribution in [0, 0.1) is 34.6 Å². The summed E-state index contributed by atoms with van der Waals surface area (Å²) < 4.78 is 1.41. The molecule has 1 heterocycles. The van der Waals surface area contributed by atoms with Crippen molar-refractivity contribution in [3.63, 3.8) is 0 Å². The van der Waals surface area contributed by atoms with E-state index in [4.69, 9.17) is 0 Å². The number of carbonyl (C=O) groups is 1. The molecule has 0 radical (unpaired) electrons. The molecule has 22 heavy (non-hydrogen) atoms. The van der Waals surface area contributed by atoms with E-state index in [9.17, 15) is 9.59 Å². The van der Waals surface area contributed by atoms with E-state index in [2.05, 4.69) is 10.3 Å². The first kappa shape index (κ1) is 15.9. The van der Waals surface area contributed by atoms with Crippen molar-refractivity contribution in [2.45, 2.75) is 41.2 Å². The Bertz CT molecular complexity index is 791. The highest BCUT2D eigenvalue weighted by molar-refractivity contribution is 5.91. The lowest BCUT2D eigenvalue weighted by Crippen LogP contribution is -2.32. The number of hydrogen-bond acceptors (Lipinski definition) is 3. The predicted octanol–water partition coefficient (Wildman–Crippen LogP) is 2.42. The molecule has 0 aliphatic rings. The Morgan fingerprint density at radius 3 is 2.50 bits per heavy atom. The van der Waals surface area contributed by atoms with E-state index in [1.807, 2.05) is 32.0 Å². The molecular formula is C17H21N3O2. The summed E-state index contributed by atoms with van der Waals surface area (Å²) in [6, 6.07) is 5.74. The second kappa shape index (κ2) is 6.13. The standard InChI is InChI=1S/C17H21N3O2/c1-10-7-6-8-15(11(10)2)19-16(21)9-20-14(5)18-13(4)12(3)17(20)22/h6-8H,9H2,1-5H3,(H,19,21). The van der Waals surface area contributed by atoms with Gasteiger partial charge >= 0.3 is 0 Å². The normalized spacial score (nSPS) is 10.6. The number of aryl methyl sites for hydroxylation is 3. The van der Waals surface area contributed by atoms with Gasteiger partial charge in [0.2, 0.25) is 5.91 Å². The summed E-state index contributed by atoms with van der Waals surface area (Å²) >= 11 is 0. The number of hydrogen-bond donors (Lipinski definition) is 1. The van der Waals surface area contributed by atoms with Crippen molar-refractivity contribution in [1.82, 2.24) is 9.55 Å². The first-order valence-corrected chi connectivity index (χ1v) is 7.22. The third-order valence-corrected chi connectivity index (χ3v) is 4.01. The molecule has 0 aliphatic carbocycles. The topological polar surface area (TPSA) is 64.0 Å². The first-order valence-electron chi connectivity index (χ1n) is 7.22. The van der Waals surface area contributed by atoms with Gasteiger partial charge in [0.05, 0.1) is 0 Å². The number of nitrogens with zero attached hydrogens (tertiary/aromatic N) is 2. The molecule has 116 valence electrons. The number of nitrogens with one attached hydrogen (secondary N) is 1. The van der Waals surface area contributed by atoms with Gasteiger partial charge in [0, 0.05) is 16.9 Å². The third-order valence-electron chi connectivity index (χ3n) is 4.01. The second-order valence-corrected chi connectivity index (χ2v) is 5.56. The molecule has 0 aliphatic heterocycles. The third kappa shape index (κ3) is 3.08. The summed E-state index contributed by atoms with van der Waals surface area (Å²) in [6.45, 7) is 9.17. The Kier molecular flexibility index (Phi) is 4.45. The van der Waals surface area contributed by atoms with Crippen molar-refractivity contribution in [2.75, 3.05) is 5.32 Å². The lowest BCUT2D eigenvalue weighted by Gasteiger charge is -2.13. The fourth-order valence-corrected chi connectivity index (χ4v) is 2.30. The molecule has 1 aromatic carbocycles. The second-order valence-electron chi connectivity index (χ2n) is 5.56. The van der Waals surface area contributed by atoms with Crippen molar-refractivity contribution in [3.05, 3.63) is 56.8 Å². The zero-order chi connectivity index (χ0) is 16.4. The Morgan fingerprint density at radius 2 is 1.82 bits per heavy atom. The van der Waals surface area contributed by atoms with Gasteiger partial charge in [0.15, 0.2) is 0 Å². The van der Waals surface area contributed by atoms with Gasteiger partial charge in [-0.05, 0) is 51.8 Å². The Balaban J connectivity index is 2.25. The number of anilines is 1. The SMILES string of the molecule is Cc1cccc(NC(=O)Cn2c(C)nc(C)c(C)c2=O)c1C. The van der Waals surface area contributed by atoms with Crippen LogP contribution in [0.15, 0.2) is 23.0 Å². The van der Waals surface area contributed by atoms with E-state index < -0.39 is 0 Å². The molecule has 0 bridgehead atoms. The summed E-state index contributed by atoms with van der Waals surface area (Å²) in [4.78, 5) is 28.8. The van der Waals surface area contributed by atoms with Crippen LogP contribution < -0.4 is 10.9 Å². The van der Waals surface area contributed by atoms with E-state index in [0.717, 1.165) is 16.8 Å². The predicted molar refractivity (Wildman–Crippen MR) is 87.3 cm³/mol. The molecule has 1 N–H and O–H groups in total. The van der Waals surface area contributed by atoms with Crippen LogP contribution in [0.5, 0.6) is 0 Å². The molecule has 5 heteroatoms. The lowest BCUT2D eigenvalue weighted by molar-refractivity contribution is -0.116. The Hall–Kier alpha value is -2.43. The Labute approximate surface area is 130 Å². The number of rotatable bonds is 3. The monoisotopic (exact) mass is 299 g/mol. The summed E-state index contributed by atoms with van der Waals surface area (Å²) in [7, 11) is 0. The largest absolute Gasteiger partial charge is 0.324 e. The van der Waals surface area contributed by atoms with Crippen LogP contribution in [-0.4, -0.2) is 15.5 Å². The zero-order valence-corrected chi connectivity index (χ0v) is 13.7. The van der Waals surface area contributed by atoms with Crippen LogP contribution in [0.25, 0.3) is 0 Å². The summed E-state index contributed by atoms with van der Waals surface area (Å²) in [6.07, 6.45) is 0. The highest BCUT2D eigenvalue weighted by Crippen LogP contribution is 2.17. The average molecular weight is 299 g/mol. The summed E-state index contributed by atoms with van der Waals surface area (Å²) in [5.74, 6) is 0.313. The highest BCUT2D eigenvalue weighted by Gasteiger charge is 2.12. The van der Waals surface area contributed by atoms with Gasteiger partial charge in [-0.15, -0.1) is 0 Å². The fraction of sp³-hybridized carbons (Fsp3) is 0.353. The highest BCUT2D eigenvalue weighted by atomic mass is 16.2. The van der Waals surface area contributed by atoms with Crippen molar-refractivity contribution in [3.8, 4) is 0 Å². The molecule has 0 fully saturated rings. The molecule has 2 aromatic rings. The quantitative estimate of drug-likeness (QED) is 0.946. The van der Waals surface area contributed by atoms with E-state index in [-0.39, 0.29) is 18.0 Å². The van der Waals surface area contributed by atoms with Gasteiger partial charge in [0.1, 0.15) is 12.4 Å². The summed E-state index contributed by atoms with van der Waals surface area (Å²) in [5, 5.41) is 2.86. The smallest absolute Gasteiger partial charge is 0.257 e. The van der Waals surface area contributed by atoms with Gasteiger partial charge in [-0.3, -0.25) is 14.2 Å². The van der Waals surface area contributed by atoms with Crippen LogP contribution in [0.4, 0.5) is 5.69 Å². The van der Waals surface area contributed by atoms with Gasteiger partial charge < -0.3 is 5.32 Å². The minimum atomic E-state index is -0.232. The van der Waals surface area contributed by atoms with E-state index >= 15 is 0 Å². The van der Waals surface area contributed by atoms with Crippen molar-refractivity contribution < 1.29 is 4.79 Å². The fourth-order valence-electron chi connectivity index (χ4n) is 2.30. The number of aromatic nitrogens is 2. The number of carbonyl (C=O) groups excluding carboxylic acids is 1. The number of benzene rings is 1. The van der Waals surface area contributed by atoms with Crippen molar-refractivity contribution in [1.29, 1.82) is 0 Å². The van der Waals surface area contributed by atoms with Gasteiger partial charge in [-0.1, -0.05) is 12.1 Å². The lowest BCUT2D eigenvalue weighted by atomic mass is 10.1. The molecule has 0 unspecified atom stereocenters. The minimum Gasteiger partial charge on any atom is -0.324 e. The molecule has 0 atom stereocenters. The average Bonchev–Trinajstić information content (AvgIpc) is 2.46. The Morgan fingerprint density at radius 1 is 1.14 bits per heavy atom. The van der Waals surface area contributed by atoms with E-state index in [0.29, 0.717) is 17.1 Å². The molecular weight excluding hydrogens is 278 g/mol. The molecule has 0 saturated heterocycles. The maximum absolute atomic E-state index is 12.3. The maximum Gasteiger partial charge on any atom is 0.257 e. The first-order chi connectivity index (χ1) is 10.3. The van der Waals surface area contributed by atoms with E-state index in [1.54, 1.807) is 20.8 Å². The molecule has 1 amide bonds. The zero-order valence-electron chi connectivity index (χ0n) is 13.7. The van der Waals surface area contributed by atoms with Crippen LogP contribution >= 0.6 is 0 Å². The van der Waals surface area contributed by atoms with Crippen LogP contribution in [0.2, 0.25) is 0 Å². The molecule has 0 saturated carbocycles. The van der Waals surface area contributed by atoms with Crippen LogP contribution in [-0.2, 0) is 11.3 Å². The maximum atomic E-state index is 12.3. The molecule has 0 spiro atoms. The summed E-state index contributed by atoms with van der Waals surface area (Å²) in [5.41, 5.74) is 4.02. The minimum absolute atomic E-state index is 0.0355. The van der Waals surface area contributed by atoms with Crippen LogP contribution in [0.3, 0.4) is 0 Å². The van der Waals surface area contributed by atoms with Gasteiger partial charge in [-0.2, -0.15) is 0 Å². The van der Waals surface area contributed by atoms with Gasteiger partial charge in [0.25, 0.3) is 5.56 Å². The van der Waals surface area contributed by atoms with E-state index in [1.165, 1.54) is 4.57 Å². The molecule has 5 nitrogen and oxygen atoms in total. The van der Waals surface area contributed by atoms with Gasteiger partial charge in [-0.25, -0.2) is 4.98 Å².